The number of nitrogens with one attached hydrogen (secondary N) is 1. The molecule has 2 aromatic rings. The van der Waals surface area contributed by atoms with Crippen LogP contribution in [-0.2, 0) is 0 Å². The molecule has 0 radical (unpaired) electrons. The lowest BCUT2D eigenvalue weighted by molar-refractivity contribution is 0.181. The van der Waals surface area contributed by atoms with Crippen LogP contribution in [0.4, 0.5) is 5.69 Å². The average molecular weight is 368 g/mol. The van der Waals surface area contributed by atoms with Gasteiger partial charge in [-0.25, -0.2) is 0 Å². The summed E-state index contributed by atoms with van der Waals surface area (Å²) in [5.74, 6) is 1.08. The zero-order valence-corrected chi connectivity index (χ0v) is 15.4. The molecule has 2 aromatic carbocycles. The number of piperidine rings is 1. The highest BCUT2D eigenvalue weighted by atomic mass is 35.5. The zero-order chi connectivity index (χ0) is 17.6. The Kier molecular flexibility index (Phi) is 4.15. The van der Waals surface area contributed by atoms with Crippen molar-refractivity contribution in [1.29, 1.82) is 5.26 Å². The van der Waals surface area contributed by atoms with Gasteiger partial charge in [-0.3, -0.25) is 0 Å². The summed E-state index contributed by atoms with van der Waals surface area (Å²) in [6.45, 7) is 3.24. The molecule has 3 nitrogen and oxygen atoms in total. The van der Waals surface area contributed by atoms with Gasteiger partial charge in [0.25, 0.3) is 0 Å². The monoisotopic (exact) mass is 367 g/mol. The van der Waals surface area contributed by atoms with E-state index in [1.807, 2.05) is 18.2 Å². The number of hydrogen-bond acceptors (Lipinski definition) is 2. The van der Waals surface area contributed by atoms with Gasteiger partial charge in [0.2, 0.25) is 0 Å². The Morgan fingerprint density at radius 1 is 1.24 bits per heavy atom. The first-order valence-electron chi connectivity index (χ1n) is 8.45. The van der Waals surface area contributed by atoms with E-state index in [1.54, 1.807) is 12.1 Å². The van der Waals surface area contributed by atoms with Crippen molar-refractivity contribution in [2.75, 3.05) is 11.9 Å². The number of anilines is 1. The molecule has 2 aliphatic rings. The minimum atomic E-state index is 0.296. The first-order chi connectivity index (χ1) is 12.1. The van der Waals surface area contributed by atoms with Crippen LogP contribution in [0.5, 0.6) is 0 Å². The van der Waals surface area contributed by atoms with Crippen molar-refractivity contribution < 1.29 is 0 Å². The van der Waals surface area contributed by atoms with Crippen molar-refractivity contribution in [3.8, 4) is 6.07 Å². The molecule has 1 heterocycles. The third-order valence-corrected chi connectivity index (χ3v) is 6.01. The lowest BCUT2D eigenvalue weighted by Gasteiger charge is -2.40. The Labute approximate surface area is 158 Å². The molecule has 1 aliphatic heterocycles. The second kappa shape index (κ2) is 6.33. The first-order valence-corrected chi connectivity index (χ1v) is 9.24. The quantitative estimate of drug-likeness (QED) is 0.712. The predicted molar refractivity (Wildman–Crippen MR) is 105 cm³/mol. The Balaban J connectivity index is 1.59. The molecule has 1 N–H and O–H groups in total. The van der Waals surface area contributed by atoms with E-state index in [9.17, 15) is 0 Å². The summed E-state index contributed by atoms with van der Waals surface area (Å²) in [5.41, 5.74) is 4.29. The second-order valence-electron chi connectivity index (χ2n) is 6.79. The summed E-state index contributed by atoms with van der Waals surface area (Å²) in [6, 6.07) is 16.1. The predicted octanol–water partition coefficient (Wildman–Crippen LogP) is 5.09. The molecular formula is C20H18ClN3S. The summed E-state index contributed by atoms with van der Waals surface area (Å²) in [5, 5.41) is 13.8. The molecule has 5 heteroatoms. The maximum Gasteiger partial charge on any atom is 0.173 e. The van der Waals surface area contributed by atoms with Crippen LogP contribution < -0.4 is 5.32 Å². The molecule has 2 bridgehead atoms. The van der Waals surface area contributed by atoms with E-state index in [0.29, 0.717) is 23.4 Å². The van der Waals surface area contributed by atoms with E-state index >= 15 is 0 Å². The van der Waals surface area contributed by atoms with Gasteiger partial charge in [-0.05, 0) is 78.0 Å². The third-order valence-electron chi connectivity index (χ3n) is 5.44. The number of hydrogen-bond donors (Lipinski definition) is 1. The van der Waals surface area contributed by atoms with Crippen molar-refractivity contribution in [2.45, 2.75) is 25.3 Å². The molecule has 1 aliphatic carbocycles. The van der Waals surface area contributed by atoms with Crippen molar-refractivity contribution in [3.63, 3.8) is 0 Å². The number of likely N-dealkylation sites (tertiary alicyclic amines) is 1. The van der Waals surface area contributed by atoms with Gasteiger partial charge in [0.15, 0.2) is 5.11 Å². The van der Waals surface area contributed by atoms with E-state index in [0.717, 1.165) is 28.8 Å². The number of nitriles is 1. The van der Waals surface area contributed by atoms with Crippen LogP contribution >= 0.6 is 23.8 Å². The number of rotatable bonds is 1. The van der Waals surface area contributed by atoms with Crippen LogP contribution in [0.1, 0.15) is 42.0 Å². The molecule has 1 saturated heterocycles. The summed E-state index contributed by atoms with van der Waals surface area (Å²) in [4.78, 5) is 2.30. The highest BCUT2D eigenvalue weighted by Crippen LogP contribution is 2.53. The van der Waals surface area contributed by atoms with E-state index in [-0.39, 0.29) is 0 Å². The molecule has 1 fully saturated rings. The van der Waals surface area contributed by atoms with Gasteiger partial charge in [0.1, 0.15) is 0 Å². The Morgan fingerprint density at radius 3 is 2.72 bits per heavy atom. The lowest BCUT2D eigenvalue weighted by Crippen LogP contribution is -2.43. The summed E-state index contributed by atoms with van der Waals surface area (Å²) in [6.07, 6.45) is 1.08. The number of halogens is 1. The van der Waals surface area contributed by atoms with Gasteiger partial charge in [0.05, 0.1) is 17.7 Å². The van der Waals surface area contributed by atoms with Gasteiger partial charge >= 0.3 is 0 Å². The fourth-order valence-electron chi connectivity index (χ4n) is 4.26. The number of nitrogens with zero attached hydrogens (tertiary/aromatic N) is 2. The molecular weight excluding hydrogens is 350 g/mol. The smallest absolute Gasteiger partial charge is 0.173 e. The minimum absolute atomic E-state index is 0.296. The second-order valence-corrected chi connectivity index (χ2v) is 7.61. The van der Waals surface area contributed by atoms with Crippen molar-refractivity contribution >= 4 is 34.6 Å². The summed E-state index contributed by atoms with van der Waals surface area (Å²) in [7, 11) is 0. The zero-order valence-electron chi connectivity index (χ0n) is 13.9. The van der Waals surface area contributed by atoms with E-state index in [2.05, 4.69) is 35.3 Å². The lowest BCUT2D eigenvalue weighted by atomic mass is 9.86. The van der Waals surface area contributed by atoms with Crippen molar-refractivity contribution in [1.82, 2.24) is 4.90 Å². The molecule has 4 rings (SSSR count). The van der Waals surface area contributed by atoms with Gasteiger partial charge in [-0.2, -0.15) is 5.26 Å². The highest BCUT2D eigenvalue weighted by Gasteiger charge is 2.45. The molecule has 0 aromatic heterocycles. The molecule has 3 atom stereocenters. The largest absolute Gasteiger partial charge is 0.342 e. The van der Waals surface area contributed by atoms with Gasteiger partial charge in [-0.15, -0.1) is 0 Å². The Hall–Kier alpha value is -2.09. The van der Waals surface area contributed by atoms with Crippen LogP contribution in [-0.4, -0.2) is 16.6 Å². The minimum Gasteiger partial charge on any atom is -0.342 e. The normalized spacial score (nSPS) is 23.7. The first kappa shape index (κ1) is 16.4. The topological polar surface area (TPSA) is 39.1 Å². The highest BCUT2D eigenvalue weighted by molar-refractivity contribution is 7.80. The SMILES string of the molecule is C[C@H]1C2CCN(C(=S)Nc3ccc(C#N)cc3)C1c1ccc(Cl)cc12. The summed E-state index contributed by atoms with van der Waals surface area (Å²) < 4.78 is 0. The van der Waals surface area contributed by atoms with E-state index in [4.69, 9.17) is 29.1 Å². The van der Waals surface area contributed by atoms with Crippen LogP contribution in [0.15, 0.2) is 42.5 Å². The maximum atomic E-state index is 8.91. The van der Waals surface area contributed by atoms with Crippen LogP contribution in [0, 0.1) is 17.2 Å². The molecule has 126 valence electrons. The maximum absolute atomic E-state index is 8.91. The van der Waals surface area contributed by atoms with E-state index < -0.39 is 0 Å². The van der Waals surface area contributed by atoms with Crippen LogP contribution in [0.2, 0.25) is 5.02 Å². The fourth-order valence-corrected chi connectivity index (χ4v) is 4.76. The third kappa shape index (κ3) is 2.78. The van der Waals surface area contributed by atoms with Gasteiger partial charge in [-0.1, -0.05) is 24.6 Å². The fraction of sp³-hybridized carbons (Fsp3) is 0.300. The van der Waals surface area contributed by atoms with Crippen LogP contribution in [0.25, 0.3) is 0 Å². The Morgan fingerprint density at radius 2 is 2.00 bits per heavy atom. The van der Waals surface area contributed by atoms with Crippen molar-refractivity contribution in [2.24, 2.45) is 5.92 Å². The average Bonchev–Trinajstić information content (AvgIpc) is 2.78. The Bertz CT molecular complexity index is 872. The number of benzene rings is 2. The van der Waals surface area contributed by atoms with Crippen LogP contribution in [0.3, 0.4) is 0 Å². The molecule has 0 saturated carbocycles. The standard InChI is InChI=1S/C20H18ClN3S/c1-12-16-8-9-24(19(12)17-7-4-14(21)10-18(16)17)20(25)23-15-5-2-13(11-22)3-6-15/h2-7,10,12,16,19H,8-9H2,1H3,(H,23,25)/t12-,16?,19?/m0/s1. The number of thiocarbonyl (C=S) groups is 1. The van der Waals surface area contributed by atoms with Gasteiger partial charge < -0.3 is 10.2 Å². The molecule has 0 amide bonds. The van der Waals surface area contributed by atoms with Crippen molar-refractivity contribution in [3.05, 3.63) is 64.2 Å². The van der Waals surface area contributed by atoms with E-state index in [1.165, 1.54) is 11.1 Å². The molecule has 2 unspecified atom stereocenters. The number of fused-ring (bicyclic) bond motifs is 5. The summed E-state index contributed by atoms with van der Waals surface area (Å²) >= 11 is 11.9. The van der Waals surface area contributed by atoms with Gasteiger partial charge in [0, 0.05) is 17.3 Å². The molecule has 0 spiro atoms. The molecule has 25 heavy (non-hydrogen) atoms.